The summed E-state index contributed by atoms with van der Waals surface area (Å²) in [5, 5.41) is 1.77. The number of rotatable bonds is 5. The molecule has 0 unspecified atom stereocenters. The lowest BCUT2D eigenvalue weighted by Crippen LogP contribution is -2.28. The van der Waals surface area contributed by atoms with Crippen LogP contribution >= 0.6 is 11.3 Å². The zero-order chi connectivity index (χ0) is 12.8. The number of carbonyl (C=O) groups is 2. The number of hydrogen-bond donors (Lipinski definition) is 0. The van der Waals surface area contributed by atoms with E-state index in [4.69, 9.17) is 4.74 Å². The first-order valence-corrected chi connectivity index (χ1v) is 5.91. The van der Waals surface area contributed by atoms with Crippen LogP contribution < -0.4 is 4.74 Å². The monoisotopic (exact) mass is 257 g/mol. The van der Waals surface area contributed by atoms with Crippen molar-refractivity contribution in [1.29, 1.82) is 0 Å². The Hall–Kier alpha value is -1.56. The number of methoxy groups -OCH3 is 2. The molecule has 0 radical (unpaired) electrons. The van der Waals surface area contributed by atoms with Gasteiger partial charge in [-0.1, -0.05) is 0 Å². The maximum absolute atomic E-state index is 11.9. The van der Waals surface area contributed by atoms with Gasteiger partial charge in [-0.2, -0.15) is 0 Å². The molecule has 0 aliphatic carbocycles. The number of ether oxygens (including phenoxy) is 2. The van der Waals surface area contributed by atoms with Gasteiger partial charge in [-0.15, -0.1) is 11.3 Å². The molecule has 0 saturated carbocycles. The molecule has 1 amide bonds. The van der Waals surface area contributed by atoms with Crippen LogP contribution in [0.15, 0.2) is 11.4 Å². The van der Waals surface area contributed by atoms with Crippen LogP contribution in [-0.4, -0.2) is 44.6 Å². The van der Waals surface area contributed by atoms with Crippen LogP contribution in [0, 0.1) is 0 Å². The zero-order valence-corrected chi connectivity index (χ0v) is 10.9. The highest BCUT2D eigenvalue weighted by atomic mass is 32.1. The Kier molecular flexibility index (Phi) is 4.96. The van der Waals surface area contributed by atoms with E-state index in [1.165, 1.54) is 23.3 Å². The van der Waals surface area contributed by atoms with Crippen molar-refractivity contribution < 1.29 is 19.1 Å². The Morgan fingerprint density at radius 2 is 2.12 bits per heavy atom. The second-order valence-corrected chi connectivity index (χ2v) is 4.31. The van der Waals surface area contributed by atoms with Crippen molar-refractivity contribution in [1.82, 2.24) is 4.90 Å². The molecule has 0 saturated heterocycles. The summed E-state index contributed by atoms with van der Waals surface area (Å²) in [6.07, 6.45) is 0.196. The number of nitrogens with zero attached hydrogens (tertiary/aromatic N) is 1. The fourth-order valence-electron chi connectivity index (χ4n) is 1.19. The van der Waals surface area contributed by atoms with E-state index < -0.39 is 0 Å². The predicted octanol–water partition coefficient (Wildman–Crippen LogP) is 1.39. The molecule has 94 valence electrons. The van der Waals surface area contributed by atoms with E-state index in [-0.39, 0.29) is 18.3 Å². The first-order chi connectivity index (χ1) is 8.08. The summed E-state index contributed by atoms with van der Waals surface area (Å²) in [5.74, 6) is 0.218. The second-order valence-electron chi connectivity index (χ2n) is 3.40. The molecule has 5 nitrogen and oxygen atoms in total. The third-order valence-electron chi connectivity index (χ3n) is 2.25. The molecular weight excluding hydrogens is 242 g/mol. The van der Waals surface area contributed by atoms with Crippen molar-refractivity contribution in [3.05, 3.63) is 16.3 Å². The average molecular weight is 257 g/mol. The molecular formula is C11H15NO4S. The molecule has 0 aliphatic heterocycles. The number of thiophene rings is 1. The topological polar surface area (TPSA) is 55.8 Å². The average Bonchev–Trinajstić information content (AvgIpc) is 2.83. The fraction of sp³-hybridized carbons (Fsp3) is 0.455. The Morgan fingerprint density at radius 1 is 1.41 bits per heavy atom. The van der Waals surface area contributed by atoms with Gasteiger partial charge in [-0.05, 0) is 0 Å². The van der Waals surface area contributed by atoms with Crippen molar-refractivity contribution in [2.24, 2.45) is 0 Å². The largest absolute Gasteiger partial charge is 0.496 e. The van der Waals surface area contributed by atoms with Gasteiger partial charge in [0.1, 0.15) is 5.75 Å². The molecule has 0 fully saturated rings. The smallest absolute Gasteiger partial charge is 0.307 e. The number of carbonyl (C=O) groups excluding carboxylic acids is 2. The molecule has 17 heavy (non-hydrogen) atoms. The Bertz CT molecular complexity index is 402. The van der Waals surface area contributed by atoms with Gasteiger partial charge in [0.25, 0.3) is 5.91 Å². The number of esters is 1. The lowest BCUT2D eigenvalue weighted by molar-refractivity contribution is -0.140. The van der Waals surface area contributed by atoms with E-state index in [0.717, 1.165) is 0 Å². The van der Waals surface area contributed by atoms with Crippen molar-refractivity contribution in [2.75, 3.05) is 27.8 Å². The molecule has 1 aromatic rings. The molecule has 0 N–H and O–H groups in total. The van der Waals surface area contributed by atoms with Gasteiger partial charge in [0.15, 0.2) is 0 Å². The van der Waals surface area contributed by atoms with E-state index in [0.29, 0.717) is 17.2 Å². The lowest BCUT2D eigenvalue weighted by Gasteiger charge is -2.14. The molecule has 1 heterocycles. The third kappa shape index (κ3) is 3.74. The van der Waals surface area contributed by atoms with Gasteiger partial charge in [-0.25, -0.2) is 0 Å². The summed E-state index contributed by atoms with van der Waals surface area (Å²) < 4.78 is 9.52. The second kappa shape index (κ2) is 6.24. The Morgan fingerprint density at radius 3 is 2.65 bits per heavy atom. The van der Waals surface area contributed by atoms with Crippen LogP contribution in [-0.2, 0) is 9.53 Å². The van der Waals surface area contributed by atoms with Gasteiger partial charge >= 0.3 is 5.97 Å². The van der Waals surface area contributed by atoms with Gasteiger partial charge < -0.3 is 14.4 Å². The predicted molar refractivity (Wildman–Crippen MR) is 64.5 cm³/mol. The summed E-state index contributed by atoms with van der Waals surface area (Å²) in [7, 11) is 4.53. The summed E-state index contributed by atoms with van der Waals surface area (Å²) in [4.78, 5) is 24.9. The normalized spacial score (nSPS) is 9.82. The van der Waals surface area contributed by atoms with Crippen LogP contribution in [0.25, 0.3) is 0 Å². The molecule has 0 atom stereocenters. The fourth-order valence-corrected chi connectivity index (χ4v) is 2.04. The Labute approximate surface area is 104 Å². The van der Waals surface area contributed by atoms with Crippen molar-refractivity contribution in [3.63, 3.8) is 0 Å². The first-order valence-electron chi connectivity index (χ1n) is 5.03. The lowest BCUT2D eigenvalue weighted by atomic mass is 10.3. The quantitative estimate of drug-likeness (QED) is 0.748. The van der Waals surface area contributed by atoms with Gasteiger partial charge in [0.2, 0.25) is 0 Å². The first kappa shape index (κ1) is 13.5. The summed E-state index contributed by atoms with van der Waals surface area (Å²) >= 11 is 1.32. The third-order valence-corrected chi connectivity index (χ3v) is 3.14. The molecule has 0 spiro atoms. The minimum absolute atomic E-state index is 0.123. The van der Waals surface area contributed by atoms with E-state index in [1.54, 1.807) is 25.6 Å². The summed E-state index contributed by atoms with van der Waals surface area (Å²) in [6, 6.07) is 1.68. The Balaban J connectivity index is 2.54. The molecule has 1 rings (SSSR count). The minimum atomic E-state index is -0.326. The molecule has 1 aromatic heterocycles. The van der Waals surface area contributed by atoms with Crippen LogP contribution in [0.2, 0.25) is 0 Å². The molecule has 6 heteroatoms. The highest BCUT2D eigenvalue weighted by Crippen LogP contribution is 2.22. The van der Waals surface area contributed by atoms with Crippen LogP contribution in [0.4, 0.5) is 0 Å². The van der Waals surface area contributed by atoms with Crippen LogP contribution in [0.1, 0.15) is 16.1 Å². The van der Waals surface area contributed by atoms with E-state index >= 15 is 0 Å². The summed E-state index contributed by atoms with van der Waals surface area (Å²) in [6.45, 7) is 0.339. The summed E-state index contributed by atoms with van der Waals surface area (Å²) in [5.41, 5.74) is 0. The van der Waals surface area contributed by atoms with E-state index in [9.17, 15) is 9.59 Å². The maximum Gasteiger partial charge on any atom is 0.307 e. The van der Waals surface area contributed by atoms with E-state index in [2.05, 4.69) is 4.74 Å². The van der Waals surface area contributed by atoms with Gasteiger partial charge in [0, 0.05) is 25.0 Å². The number of hydrogen-bond acceptors (Lipinski definition) is 5. The molecule has 0 aliphatic rings. The molecule has 0 aromatic carbocycles. The highest BCUT2D eigenvalue weighted by Gasteiger charge is 2.15. The van der Waals surface area contributed by atoms with Crippen molar-refractivity contribution in [3.8, 4) is 5.75 Å². The SMILES string of the molecule is COC(=O)CCN(C)C(=O)c1cc(OC)cs1. The standard InChI is InChI=1S/C11H15NO4S/c1-12(5-4-10(13)16-3)11(14)9-6-8(15-2)7-17-9/h6-7H,4-5H2,1-3H3. The van der Waals surface area contributed by atoms with Crippen molar-refractivity contribution in [2.45, 2.75) is 6.42 Å². The number of amides is 1. The van der Waals surface area contributed by atoms with E-state index in [1.807, 2.05) is 0 Å². The van der Waals surface area contributed by atoms with Gasteiger partial charge in [0.05, 0.1) is 25.5 Å². The van der Waals surface area contributed by atoms with Crippen LogP contribution in [0.3, 0.4) is 0 Å². The highest BCUT2D eigenvalue weighted by molar-refractivity contribution is 7.12. The van der Waals surface area contributed by atoms with Gasteiger partial charge in [-0.3, -0.25) is 9.59 Å². The zero-order valence-electron chi connectivity index (χ0n) is 10.1. The van der Waals surface area contributed by atoms with Crippen molar-refractivity contribution >= 4 is 23.2 Å². The van der Waals surface area contributed by atoms with Crippen LogP contribution in [0.5, 0.6) is 5.75 Å². The molecule has 0 bridgehead atoms. The maximum atomic E-state index is 11.9. The minimum Gasteiger partial charge on any atom is -0.496 e.